The molecule has 0 atom stereocenters. The Hall–Kier alpha value is -2.06. The number of hydrogen-bond acceptors (Lipinski definition) is 4. The van der Waals surface area contributed by atoms with E-state index in [1.807, 2.05) is 38.1 Å². The van der Waals surface area contributed by atoms with Crippen molar-refractivity contribution in [3.8, 4) is 11.8 Å². The molecule has 20 heavy (non-hydrogen) atoms. The number of methoxy groups -OCH3 is 1. The molecule has 0 saturated heterocycles. The fourth-order valence-electron chi connectivity index (χ4n) is 1.94. The number of nitriles is 1. The van der Waals surface area contributed by atoms with Gasteiger partial charge in [0.2, 0.25) is 0 Å². The normalized spacial score (nSPS) is 9.95. The molecule has 1 aromatic heterocycles. The predicted molar refractivity (Wildman–Crippen MR) is 82.4 cm³/mol. The molecular weight excluding hydrogens is 318 g/mol. The van der Waals surface area contributed by atoms with Crippen LogP contribution in [0.5, 0.6) is 5.75 Å². The Bertz CT molecular complexity index is 692. The van der Waals surface area contributed by atoms with Crippen molar-refractivity contribution in [2.24, 2.45) is 0 Å². The van der Waals surface area contributed by atoms with E-state index in [0.29, 0.717) is 11.4 Å². The smallest absolute Gasteiger partial charge is 0.148 e. The third-order valence-electron chi connectivity index (χ3n) is 2.87. The third kappa shape index (κ3) is 2.91. The van der Waals surface area contributed by atoms with Crippen molar-refractivity contribution in [2.45, 2.75) is 13.8 Å². The number of benzene rings is 1. The number of hydrogen-bond donors (Lipinski definition) is 1. The maximum absolute atomic E-state index is 9.25. The largest absolute Gasteiger partial charge is 0.495 e. The molecule has 0 aliphatic carbocycles. The Kier molecular flexibility index (Phi) is 4.26. The van der Waals surface area contributed by atoms with Gasteiger partial charge in [-0.1, -0.05) is 0 Å². The first-order valence-electron chi connectivity index (χ1n) is 6.04. The summed E-state index contributed by atoms with van der Waals surface area (Å²) in [6, 6.07) is 9.71. The van der Waals surface area contributed by atoms with Crippen molar-refractivity contribution in [1.29, 1.82) is 5.26 Å². The second-order valence-electron chi connectivity index (χ2n) is 4.39. The third-order valence-corrected chi connectivity index (χ3v) is 3.53. The first kappa shape index (κ1) is 14.4. The summed E-state index contributed by atoms with van der Waals surface area (Å²) in [5.74, 6) is 1.28. The lowest BCUT2D eigenvalue weighted by molar-refractivity contribution is 0.412. The van der Waals surface area contributed by atoms with E-state index in [1.165, 1.54) is 0 Å². The van der Waals surface area contributed by atoms with Crippen LogP contribution in [0.4, 0.5) is 11.5 Å². The van der Waals surface area contributed by atoms with Gasteiger partial charge in [-0.2, -0.15) is 5.26 Å². The standard InChI is InChI=1S/C15H14BrN3O/c1-9-6-10(2)18-15(12(9)8-17)19-11-4-5-13(16)14(7-11)20-3/h4-7H,1-3H3,(H,18,19). The zero-order chi connectivity index (χ0) is 14.7. The van der Waals surface area contributed by atoms with E-state index in [0.717, 1.165) is 27.2 Å². The van der Waals surface area contributed by atoms with E-state index in [1.54, 1.807) is 7.11 Å². The van der Waals surface area contributed by atoms with Crippen LogP contribution in [0.15, 0.2) is 28.7 Å². The van der Waals surface area contributed by atoms with Crippen molar-refractivity contribution < 1.29 is 4.74 Å². The van der Waals surface area contributed by atoms with Gasteiger partial charge < -0.3 is 10.1 Å². The van der Waals surface area contributed by atoms with Gasteiger partial charge in [0.25, 0.3) is 0 Å². The van der Waals surface area contributed by atoms with E-state index in [2.05, 4.69) is 32.3 Å². The molecule has 0 spiro atoms. The number of ether oxygens (including phenoxy) is 1. The molecule has 102 valence electrons. The molecule has 5 heteroatoms. The van der Waals surface area contributed by atoms with Gasteiger partial charge in [0.05, 0.1) is 17.1 Å². The highest BCUT2D eigenvalue weighted by atomic mass is 79.9. The van der Waals surface area contributed by atoms with Gasteiger partial charge in [0.1, 0.15) is 17.6 Å². The number of nitrogens with zero attached hydrogens (tertiary/aromatic N) is 2. The fraction of sp³-hybridized carbons (Fsp3) is 0.200. The lowest BCUT2D eigenvalue weighted by Gasteiger charge is -2.12. The Morgan fingerprint density at radius 3 is 2.70 bits per heavy atom. The minimum Gasteiger partial charge on any atom is -0.495 e. The van der Waals surface area contributed by atoms with Crippen LogP contribution in [0.3, 0.4) is 0 Å². The van der Waals surface area contributed by atoms with Crippen molar-refractivity contribution >= 4 is 27.4 Å². The van der Waals surface area contributed by atoms with Gasteiger partial charge in [-0.3, -0.25) is 0 Å². The highest BCUT2D eigenvalue weighted by Gasteiger charge is 2.10. The topological polar surface area (TPSA) is 57.9 Å². The van der Waals surface area contributed by atoms with Crippen LogP contribution in [0, 0.1) is 25.2 Å². The zero-order valence-electron chi connectivity index (χ0n) is 11.5. The maximum Gasteiger partial charge on any atom is 0.148 e. The number of anilines is 2. The van der Waals surface area contributed by atoms with Gasteiger partial charge in [-0.05, 0) is 53.5 Å². The van der Waals surface area contributed by atoms with Crippen LogP contribution in [-0.2, 0) is 0 Å². The second-order valence-corrected chi connectivity index (χ2v) is 5.24. The Morgan fingerprint density at radius 1 is 1.30 bits per heavy atom. The van der Waals surface area contributed by atoms with Crippen molar-refractivity contribution in [2.75, 3.05) is 12.4 Å². The maximum atomic E-state index is 9.25. The highest BCUT2D eigenvalue weighted by molar-refractivity contribution is 9.10. The molecule has 2 aromatic rings. The molecule has 1 aromatic carbocycles. The molecule has 4 nitrogen and oxygen atoms in total. The molecule has 0 aliphatic rings. The van der Waals surface area contributed by atoms with Gasteiger partial charge >= 0.3 is 0 Å². The molecule has 0 amide bonds. The summed E-state index contributed by atoms with van der Waals surface area (Å²) in [5.41, 5.74) is 3.15. The van der Waals surface area contributed by atoms with Crippen LogP contribution in [-0.4, -0.2) is 12.1 Å². The van der Waals surface area contributed by atoms with Crippen LogP contribution < -0.4 is 10.1 Å². The Morgan fingerprint density at radius 2 is 2.05 bits per heavy atom. The second kappa shape index (κ2) is 5.93. The molecule has 0 aliphatic heterocycles. The lowest BCUT2D eigenvalue weighted by Crippen LogP contribution is -2.01. The van der Waals surface area contributed by atoms with Crippen LogP contribution >= 0.6 is 15.9 Å². The molecule has 0 bridgehead atoms. The summed E-state index contributed by atoms with van der Waals surface area (Å²) in [4.78, 5) is 4.39. The average Bonchev–Trinajstić information content (AvgIpc) is 2.40. The van der Waals surface area contributed by atoms with Gasteiger partial charge in [0.15, 0.2) is 0 Å². The molecule has 0 unspecified atom stereocenters. The van der Waals surface area contributed by atoms with Crippen LogP contribution in [0.25, 0.3) is 0 Å². The summed E-state index contributed by atoms with van der Waals surface area (Å²) in [6.45, 7) is 3.81. The summed E-state index contributed by atoms with van der Waals surface area (Å²) in [5, 5.41) is 12.4. The molecule has 2 rings (SSSR count). The number of nitrogens with one attached hydrogen (secondary N) is 1. The van der Waals surface area contributed by atoms with Gasteiger partial charge in [0, 0.05) is 17.4 Å². The summed E-state index contributed by atoms with van der Waals surface area (Å²) < 4.78 is 6.13. The zero-order valence-corrected chi connectivity index (χ0v) is 13.1. The highest BCUT2D eigenvalue weighted by Crippen LogP contribution is 2.30. The van der Waals surface area contributed by atoms with E-state index >= 15 is 0 Å². The average molecular weight is 332 g/mol. The van der Waals surface area contributed by atoms with Gasteiger partial charge in [-0.25, -0.2) is 4.98 Å². The fourth-order valence-corrected chi connectivity index (χ4v) is 2.35. The van der Waals surface area contributed by atoms with Crippen molar-refractivity contribution in [1.82, 2.24) is 4.98 Å². The quantitative estimate of drug-likeness (QED) is 0.920. The number of aromatic nitrogens is 1. The van der Waals surface area contributed by atoms with E-state index in [9.17, 15) is 5.26 Å². The first-order chi connectivity index (χ1) is 9.55. The number of rotatable bonds is 3. The van der Waals surface area contributed by atoms with Crippen molar-refractivity contribution in [3.05, 3.63) is 45.6 Å². The molecule has 0 fully saturated rings. The molecule has 1 heterocycles. The Labute approximate surface area is 126 Å². The molecule has 0 radical (unpaired) electrons. The molecular formula is C15H14BrN3O. The number of halogens is 1. The van der Waals surface area contributed by atoms with Crippen LogP contribution in [0.2, 0.25) is 0 Å². The minimum absolute atomic E-state index is 0.553. The Balaban J connectivity index is 2.42. The van der Waals surface area contributed by atoms with Crippen LogP contribution in [0.1, 0.15) is 16.8 Å². The van der Waals surface area contributed by atoms with Gasteiger partial charge in [-0.15, -0.1) is 0 Å². The minimum atomic E-state index is 0.553. The predicted octanol–water partition coefficient (Wildman–Crippen LogP) is 4.08. The monoisotopic (exact) mass is 331 g/mol. The lowest BCUT2D eigenvalue weighted by atomic mass is 10.1. The summed E-state index contributed by atoms with van der Waals surface area (Å²) >= 11 is 3.41. The van der Waals surface area contributed by atoms with Crippen molar-refractivity contribution in [3.63, 3.8) is 0 Å². The van der Waals surface area contributed by atoms with E-state index < -0.39 is 0 Å². The first-order valence-corrected chi connectivity index (χ1v) is 6.83. The van der Waals surface area contributed by atoms with E-state index in [-0.39, 0.29) is 0 Å². The summed E-state index contributed by atoms with van der Waals surface area (Å²) in [6.07, 6.45) is 0. The summed E-state index contributed by atoms with van der Waals surface area (Å²) in [7, 11) is 1.61. The molecule has 0 saturated carbocycles. The molecule has 1 N–H and O–H groups in total. The SMILES string of the molecule is COc1cc(Nc2nc(C)cc(C)c2C#N)ccc1Br. The van der Waals surface area contributed by atoms with E-state index in [4.69, 9.17) is 4.74 Å². The number of aryl methyl sites for hydroxylation is 2. The number of pyridine rings is 1.